The zero-order valence-electron chi connectivity index (χ0n) is 11.0. The first-order chi connectivity index (χ1) is 7.53. The second-order valence-electron chi connectivity index (χ2n) is 5.50. The van der Waals surface area contributed by atoms with Crippen LogP contribution in [0.15, 0.2) is 0 Å². The topological polar surface area (TPSA) is 55.5 Å². The zero-order valence-corrected chi connectivity index (χ0v) is 11.0. The minimum Gasteiger partial charge on any atom is -0.387 e. The molecule has 96 valence electrons. The molecule has 0 spiro atoms. The number of hydrogen-bond acceptors (Lipinski definition) is 3. The Morgan fingerprint density at radius 1 is 1.56 bits per heavy atom. The summed E-state index contributed by atoms with van der Waals surface area (Å²) in [5.41, 5.74) is 5.07. The van der Waals surface area contributed by atoms with Crippen LogP contribution < -0.4 is 5.73 Å². The molecule has 3 unspecified atom stereocenters. The Kier molecular flexibility index (Phi) is 4.77. The maximum Gasteiger partial charge on any atom is 0.0945 e. The average molecular weight is 229 g/mol. The molecule has 16 heavy (non-hydrogen) atoms. The number of nitrogens with two attached hydrogens (primary N) is 1. The molecule has 0 aromatic carbocycles. The molecule has 1 aliphatic rings. The van der Waals surface area contributed by atoms with E-state index in [1.165, 1.54) is 12.8 Å². The lowest BCUT2D eigenvalue weighted by Gasteiger charge is -2.50. The van der Waals surface area contributed by atoms with Gasteiger partial charge in [-0.1, -0.05) is 26.7 Å². The lowest BCUT2D eigenvalue weighted by Crippen LogP contribution is -2.56. The van der Waals surface area contributed by atoms with Crippen molar-refractivity contribution < 1.29 is 9.84 Å². The van der Waals surface area contributed by atoms with Crippen molar-refractivity contribution in [2.24, 2.45) is 17.1 Å². The first kappa shape index (κ1) is 13.9. The Labute approximate surface area is 99.4 Å². The summed E-state index contributed by atoms with van der Waals surface area (Å²) in [6.45, 7) is 5.24. The first-order valence-electron chi connectivity index (χ1n) is 6.45. The van der Waals surface area contributed by atoms with Crippen LogP contribution in [-0.2, 0) is 4.74 Å². The van der Waals surface area contributed by atoms with Crippen molar-refractivity contribution in [3.63, 3.8) is 0 Å². The molecule has 1 aliphatic carbocycles. The molecular weight excluding hydrogens is 202 g/mol. The predicted molar refractivity (Wildman–Crippen MR) is 66.2 cm³/mol. The van der Waals surface area contributed by atoms with E-state index >= 15 is 0 Å². The van der Waals surface area contributed by atoms with Crippen LogP contribution in [0.2, 0.25) is 0 Å². The molecule has 1 saturated carbocycles. The molecule has 1 fully saturated rings. The van der Waals surface area contributed by atoms with Gasteiger partial charge in [-0.05, 0) is 25.2 Å². The summed E-state index contributed by atoms with van der Waals surface area (Å²) < 4.78 is 5.21. The van der Waals surface area contributed by atoms with Gasteiger partial charge in [0.25, 0.3) is 0 Å². The van der Waals surface area contributed by atoms with Crippen LogP contribution in [0.1, 0.15) is 46.0 Å². The molecule has 0 aromatic heterocycles. The Hall–Kier alpha value is -0.120. The molecule has 0 radical (unpaired) electrons. The van der Waals surface area contributed by atoms with Gasteiger partial charge in [0.15, 0.2) is 0 Å². The largest absolute Gasteiger partial charge is 0.387 e. The van der Waals surface area contributed by atoms with Crippen LogP contribution in [0.4, 0.5) is 0 Å². The van der Waals surface area contributed by atoms with E-state index in [0.29, 0.717) is 25.5 Å². The van der Waals surface area contributed by atoms with Crippen molar-refractivity contribution >= 4 is 0 Å². The van der Waals surface area contributed by atoms with Gasteiger partial charge in [-0.15, -0.1) is 0 Å². The fourth-order valence-electron chi connectivity index (χ4n) is 3.33. The minimum atomic E-state index is -0.759. The monoisotopic (exact) mass is 229 g/mol. The van der Waals surface area contributed by atoms with Gasteiger partial charge in [-0.3, -0.25) is 0 Å². The third-order valence-electron chi connectivity index (χ3n) is 4.44. The van der Waals surface area contributed by atoms with Crippen molar-refractivity contribution in [2.75, 3.05) is 20.3 Å². The van der Waals surface area contributed by atoms with E-state index in [2.05, 4.69) is 6.92 Å². The minimum absolute atomic E-state index is 0.143. The first-order valence-corrected chi connectivity index (χ1v) is 6.45. The SMILES string of the molecule is CCC(O)(COC)C1(CN)CCCC(C)C1. The smallest absolute Gasteiger partial charge is 0.0945 e. The van der Waals surface area contributed by atoms with E-state index in [-0.39, 0.29) is 5.41 Å². The van der Waals surface area contributed by atoms with Gasteiger partial charge in [0.1, 0.15) is 0 Å². The fourth-order valence-corrected chi connectivity index (χ4v) is 3.33. The summed E-state index contributed by atoms with van der Waals surface area (Å²) in [4.78, 5) is 0. The van der Waals surface area contributed by atoms with E-state index in [1.807, 2.05) is 6.92 Å². The molecule has 3 nitrogen and oxygen atoms in total. The number of ether oxygens (including phenoxy) is 1. The summed E-state index contributed by atoms with van der Waals surface area (Å²) in [5, 5.41) is 10.8. The van der Waals surface area contributed by atoms with Gasteiger partial charge in [0, 0.05) is 19.1 Å². The Balaban J connectivity index is 2.91. The second-order valence-corrected chi connectivity index (χ2v) is 5.50. The van der Waals surface area contributed by atoms with Gasteiger partial charge in [0.2, 0.25) is 0 Å². The zero-order chi connectivity index (χ0) is 12.2. The Morgan fingerprint density at radius 3 is 2.69 bits per heavy atom. The fraction of sp³-hybridized carbons (Fsp3) is 1.00. The highest BCUT2D eigenvalue weighted by Gasteiger charge is 2.49. The van der Waals surface area contributed by atoms with Crippen molar-refractivity contribution in [1.29, 1.82) is 0 Å². The predicted octanol–water partition coefficient (Wildman–Crippen LogP) is 1.93. The molecule has 0 aliphatic heterocycles. The molecule has 0 aromatic rings. The highest BCUT2D eigenvalue weighted by Crippen LogP contribution is 2.47. The van der Waals surface area contributed by atoms with E-state index < -0.39 is 5.60 Å². The van der Waals surface area contributed by atoms with Gasteiger partial charge in [-0.25, -0.2) is 0 Å². The molecule has 0 saturated heterocycles. The summed E-state index contributed by atoms with van der Waals surface area (Å²) in [7, 11) is 1.65. The van der Waals surface area contributed by atoms with Crippen molar-refractivity contribution in [2.45, 2.75) is 51.6 Å². The van der Waals surface area contributed by atoms with E-state index in [1.54, 1.807) is 7.11 Å². The van der Waals surface area contributed by atoms with Gasteiger partial charge >= 0.3 is 0 Å². The van der Waals surface area contributed by atoms with Crippen LogP contribution >= 0.6 is 0 Å². The van der Waals surface area contributed by atoms with E-state index in [9.17, 15) is 5.11 Å². The molecule has 0 amide bonds. The van der Waals surface area contributed by atoms with Gasteiger partial charge in [-0.2, -0.15) is 0 Å². The summed E-state index contributed by atoms with van der Waals surface area (Å²) in [6, 6.07) is 0. The third-order valence-corrected chi connectivity index (χ3v) is 4.44. The van der Waals surface area contributed by atoms with E-state index in [4.69, 9.17) is 10.5 Å². The van der Waals surface area contributed by atoms with Gasteiger partial charge < -0.3 is 15.6 Å². The maximum atomic E-state index is 10.8. The lowest BCUT2D eigenvalue weighted by atomic mass is 9.60. The number of methoxy groups -OCH3 is 1. The van der Waals surface area contributed by atoms with Crippen molar-refractivity contribution in [3.8, 4) is 0 Å². The summed E-state index contributed by atoms with van der Waals surface area (Å²) >= 11 is 0. The van der Waals surface area contributed by atoms with Crippen molar-refractivity contribution in [1.82, 2.24) is 0 Å². The summed E-state index contributed by atoms with van der Waals surface area (Å²) in [5.74, 6) is 0.659. The molecule has 3 atom stereocenters. The average Bonchev–Trinajstić information content (AvgIpc) is 2.29. The van der Waals surface area contributed by atoms with Crippen LogP contribution in [0, 0.1) is 11.3 Å². The normalized spacial score (nSPS) is 34.7. The Morgan fingerprint density at radius 2 is 2.25 bits per heavy atom. The Bertz CT molecular complexity index is 222. The lowest BCUT2D eigenvalue weighted by molar-refractivity contribution is -0.144. The number of aliphatic hydroxyl groups is 1. The summed E-state index contributed by atoms with van der Waals surface area (Å²) in [6.07, 6.45) is 5.20. The van der Waals surface area contributed by atoms with E-state index in [0.717, 1.165) is 12.8 Å². The number of rotatable bonds is 5. The number of hydrogen-bond donors (Lipinski definition) is 2. The van der Waals surface area contributed by atoms with Crippen LogP contribution in [0.25, 0.3) is 0 Å². The van der Waals surface area contributed by atoms with Crippen LogP contribution in [-0.4, -0.2) is 31.0 Å². The molecule has 3 heteroatoms. The van der Waals surface area contributed by atoms with Crippen molar-refractivity contribution in [3.05, 3.63) is 0 Å². The quantitative estimate of drug-likeness (QED) is 0.757. The third kappa shape index (κ3) is 2.41. The maximum absolute atomic E-state index is 10.8. The standard InChI is InChI=1S/C13H27NO2/c1-4-13(15,10-16-3)12(9-14)7-5-6-11(2)8-12/h11,15H,4-10,14H2,1-3H3. The highest BCUT2D eigenvalue weighted by molar-refractivity contribution is 5.01. The highest BCUT2D eigenvalue weighted by atomic mass is 16.5. The molecular formula is C13H27NO2. The van der Waals surface area contributed by atoms with Crippen LogP contribution in [0.3, 0.4) is 0 Å². The molecule has 1 rings (SSSR count). The molecule has 0 bridgehead atoms. The second kappa shape index (κ2) is 5.48. The molecule has 0 heterocycles. The van der Waals surface area contributed by atoms with Gasteiger partial charge in [0.05, 0.1) is 12.2 Å². The molecule has 3 N–H and O–H groups in total. The van der Waals surface area contributed by atoms with Crippen LogP contribution in [0.5, 0.6) is 0 Å².